The van der Waals surface area contributed by atoms with Crippen LogP contribution >= 0.6 is 11.8 Å². The van der Waals surface area contributed by atoms with Crippen molar-refractivity contribution in [2.75, 3.05) is 30.9 Å². The summed E-state index contributed by atoms with van der Waals surface area (Å²) in [5.41, 5.74) is 2.58. The average Bonchev–Trinajstić information content (AvgIpc) is 2.66. The summed E-state index contributed by atoms with van der Waals surface area (Å²) in [5.74, 6) is 0.510. The van der Waals surface area contributed by atoms with E-state index < -0.39 is 16.1 Å². The van der Waals surface area contributed by atoms with Crippen molar-refractivity contribution in [3.63, 3.8) is 0 Å². The first kappa shape index (κ1) is 23.2. The third-order valence-corrected chi connectivity index (χ3v) is 7.10. The van der Waals surface area contributed by atoms with Crippen molar-refractivity contribution in [1.29, 1.82) is 0 Å². The molecule has 0 spiro atoms. The normalized spacial score (nSPS) is 17.4. The molecule has 8 heteroatoms. The van der Waals surface area contributed by atoms with Gasteiger partial charge >= 0.3 is 0 Å². The lowest BCUT2D eigenvalue weighted by molar-refractivity contribution is -0.123. The summed E-state index contributed by atoms with van der Waals surface area (Å²) >= 11 is 1.61. The monoisotopic (exact) mass is 427 g/mol. The van der Waals surface area contributed by atoms with E-state index in [2.05, 4.69) is 46.1 Å². The molecule has 1 aliphatic heterocycles. The lowest BCUT2D eigenvalue weighted by atomic mass is 10.0. The van der Waals surface area contributed by atoms with Gasteiger partial charge in [0.1, 0.15) is 6.04 Å². The standard InChI is InChI=1S/C20H33N3O3S2/c1-4-28(25,26)22-19(10-13-27-3)20(24)21-18-8-11-23(12-9-18)15-17-7-5-6-16(2)14-17/h5-7,14,18-19,22H,4,8-13,15H2,1-3H3,(H,21,24). The van der Waals surface area contributed by atoms with Crippen LogP contribution in [0.5, 0.6) is 0 Å². The zero-order chi connectivity index (χ0) is 20.6. The Labute approximate surface area is 173 Å². The number of carbonyl (C=O) groups excluding carboxylic acids is 1. The van der Waals surface area contributed by atoms with Crippen molar-refractivity contribution in [2.24, 2.45) is 0 Å². The molecule has 0 saturated carbocycles. The summed E-state index contributed by atoms with van der Waals surface area (Å²) < 4.78 is 26.4. The van der Waals surface area contributed by atoms with Crippen LogP contribution in [0.1, 0.15) is 37.3 Å². The predicted octanol–water partition coefficient (Wildman–Crippen LogP) is 2.14. The molecule has 1 heterocycles. The van der Waals surface area contributed by atoms with Gasteiger partial charge in [-0.25, -0.2) is 13.1 Å². The van der Waals surface area contributed by atoms with Crippen molar-refractivity contribution in [1.82, 2.24) is 14.9 Å². The molecule has 6 nitrogen and oxygen atoms in total. The lowest BCUT2D eigenvalue weighted by Crippen LogP contribution is -2.52. The Morgan fingerprint density at radius 1 is 1.32 bits per heavy atom. The Balaban J connectivity index is 1.84. The molecule has 1 aromatic carbocycles. The van der Waals surface area contributed by atoms with E-state index in [9.17, 15) is 13.2 Å². The van der Waals surface area contributed by atoms with E-state index in [1.165, 1.54) is 11.1 Å². The SMILES string of the molecule is CCS(=O)(=O)NC(CCSC)C(=O)NC1CCN(Cc2cccc(C)c2)CC1. The largest absolute Gasteiger partial charge is 0.352 e. The first-order valence-corrected chi connectivity index (χ1v) is 12.9. The highest BCUT2D eigenvalue weighted by molar-refractivity contribution is 7.98. The molecule has 1 aliphatic rings. The second-order valence-corrected chi connectivity index (χ2v) is 10.4. The van der Waals surface area contributed by atoms with E-state index in [0.29, 0.717) is 6.42 Å². The van der Waals surface area contributed by atoms with E-state index in [1.54, 1.807) is 18.7 Å². The Bertz CT molecular complexity index is 732. The fraction of sp³-hybridized carbons (Fsp3) is 0.650. The second-order valence-electron chi connectivity index (χ2n) is 7.40. The van der Waals surface area contributed by atoms with E-state index in [4.69, 9.17) is 0 Å². The van der Waals surface area contributed by atoms with Crippen LogP contribution in [0.3, 0.4) is 0 Å². The van der Waals surface area contributed by atoms with Gasteiger partial charge in [-0.3, -0.25) is 9.69 Å². The Morgan fingerprint density at radius 3 is 2.64 bits per heavy atom. The number of hydrogen-bond acceptors (Lipinski definition) is 5. The van der Waals surface area contributed by atoms with Crippen LogP contribution in [0, 0.1) is 6.92 Å². The van der Waals surface area contributed by atoms with E-state index in [-0.39, 0.29) is 17.7 Å². The third-order valence-electron chi connectivity index (χ3n) is 5.05. The maximum atomic E-state index is 12.7. The van der Waals surface area contributed by atoms with Gasteiger partial charge in [0.25, 0.3) is 0 Å². The highest BCUT2D eigenvalue weighted by Crippen LogP contribution is 2.15. The number of thioether (sulfide) groups is 1. The number of piperidine rings is 1. The summed E-state index contributed by atoms with van der Waals surface area (Å²) in [5, 5.41) is 3.07. The van der Waals surface area contributed by atoms with E-state index in [0.717, 1.165) is 38.2 Å². The molecule has 0 radical (unpaired) electrons. The average molecular weight is 428 g/mol. The van der Waals surface area contributed by atoms with Gasteiger partial charge in [0.15, 0.2) is 0 Å². The molecule has 158 valence electrons. The number of carbonyl (C=O) groups is 1. The number of hydrogen-bond donors (Lipinski definition) is 2. The van der Waals surface area contributed by atoms with Gasteiger partial charge in [-0.05, 0) is 50.7 Å². The van der Waals surface area contributed by atoms with E-state index >= 15 is 0 Å². The number of nitrogens with one attached hydrogen (secondary N) is 2. The lowest BCUT2D eigenvalue weighted by Gasteiger charge is -2.33. The molecule has 1 aromatic rings. The Morgan fingerprint density at radius 2 is 2.04 bits per heavy atom. The second kappa shape index (κ2) is 11.2. The molecule has 0 aromatic heterocycles. The van der Waals surface area contributed by atoms with Gasteiger partial charge in [0.05, 0.1) is 5.75 Å². The number of sulfonamides is 1. The topological polar surface area (TPSA) is 78.5 Å². The van der Waals surface area contributed by atoms with Gasteiger partial charge in [-0.1, -0.05) is 29.8 Å². The Hall–Kier alpha value is -1.09. The van der Waals surface area contributed by atoms with Crippen molar-refractivity contribution in [2.45, 2.75) is 51.7 Å². The van der Waals surface area contributed by atoms with Crippen LogP contribution in [-0.4, -0.2) is 62.2 Å². The minimum absolute atomic E-state index is 0.0204. The molecule has 1 fully saturated rings. The van der Waals surface area contributed by atoms with Crippen molar-refractivity contribution in [3.05, 3.63) is 35.4 Å². The van der Waals surface area contributed by atoms with Gasteiger partial charge < -0.3 is 5.32 Å². The molecule has 2 N–H and O–H groups in total. The maximum Gasteiger partial charge on any atom is 0.238 e. The number of aryl methyl sites for hydroxylation is 1. The number of amides is 1. The van der Waals surface area contributed by atoms with Crippen LogP contribution in [0.25, 0.3) is 0 Å². The van der Waals surface area contributed by atoms with Crippen LogP contribution in [0.15, 0.2) is 24.3 Å². The van der Waals surface area contributed by atoms with Gasteiger partial charge in [-0.2, -0.15) is 11.8 Å². The molecule has 1 atom stereocenters. The van der Waals surface area contributed by atoms with Gasteiger partial charge in [0.2, 0.25) is 15.9 Å². The maximum absolute atomic E-state index is 12.7. The first-order chi connectivity index (χ1) is 13.3. The summed E-state index contributed by atoms with van der Waals surface area (Å²) in [7, 11) is -3.41. The zero-order valence-corrected chi connectivity index (χ0v) is 18.7. The number of benzene rings is 1. The zero-order valence-electron chi connectivity index (χ0n) is 17.1. The number of likely N-dealkylation sites (tertiary alicyclic amines) is 1. The van der Waals surface area contributed by atoms with Crippen LogP contribution in [-0.2, 0) is 21.4 Å². The van der Waals surface area contributed by atoms with Crippen LogP contribution in [0.4, 0.5) is 0 Å². The minimum atomic E-state index is -3.41. The highest BCUT2D eigenvalue weighted by atomic mass is 32.2. The fourth-order valence-corrected chi connectivity index (χ4v) is 4.68. The fourth-order valence-electron chi connectivity index (χ4n) is 3.39. The van der Waals surface area contributed by atoms with Gasteiger partial charge in [-0.15, -0.1) is 0 Å². The molecule has 28 heavy (non-hydrogen) atoms. The first-order valence-electron chi connectivity index (χ1n) is 9.90. The quantitative estimate of drug-likeness (QED) is 0.598. The molecule has 1 amide bonds. The molecule has 1 unspecified atom stereocenters. The summed E-state index contributed by atoms with van der Waals surface area (Å²) in [6, 6.07) is 7.96. The van der Waals surface area contributed by atoms with Crippen molar-refractivity contribution < 1.29 is 13.2 Å². The third kappa shape index (κ3) is 7.73. The molecular formula is C20H33N3O3S2. The Kier molecular flexibility index (Phi) is 9.27. The predicted molar refractivity (Wildman–Crippen MR) is 117 cm³/mol. The molecule has 0 aliphatic carbocycles. The molecule has 1 saturated heterocycles. The summed E-state index contributed by atoms with van der Waals surface area (Å²) in [6.45, 7) is 6.46. The molecule has 0 bridgehead atoms. The van der Waals surface area contributed by atoms with Crippen molar-refractivity contribution in [3.8, 4) is 0 Å². The van der Waals surface area contributed by atoms with Crippen molar-refractivity contribution >= 4 is 27.7 Å². The molecular weight excluding hydrogens is 394 g/mol. The number of rotatable bonds is 10. The summed E-state index contributed by atoms with van der Waals surface area (Å²) in [4.78, 5) is 15.1. The smallest absolute Gasteiger partial charge is 0.238 e. The van der Waals surface area contributed by atoms with E-state index in [1.807, 2.05) is 6.26 Å². The minimum Gasteiger partial charge on any atom is -0.352 e. The number of nitrogens with zero attached hydrogens (tertiary/aromatic N) is 1. The van der Waals surface area contributed by atoms with Crippen LogP contribution < -0.4 is 10.0 Å². The summed E-state index contributed by atoms with van der Waals surface area (Å²) in [6.07, 6.45) is 4.21. The van der Waals surface area contributed by atoms with Crippen LogP contribution in [0.2, 0.25) is 0 Å². The highest BCUT2D eigenvalue weighted by Gasteiger charge is 2.27. The molecule has 2 rings (SSSR count). The van der Waals surface area contributed by atoms with Gasteiger partial charge in [0, 0.05) is 25.7 Å².